The predicted octanol–water partition coefficient (Wildman–Crippen LogP) is 1.57. The number of carbonyl (C=O) groups excluding carboxylic acids is 1. The highest BCUT2D eigenvalue weighted by atomic mass is 35.5. The first-order valence-electron chi connectivity index (χ1n) is 8.08. The van der Waals surface area contributed by atoms with Crippen molar-refractivity contribution in [3.8, 4) is 0 Å². The van der Waals surface area contributed by atoms with Crippen LogP contribution in [0.1, 0.15) is 21.8 Å². The molecule has 1 aliphatic rings. The number of amides is 1. The van der Waals surface area contributed by atoms with Crippen LogP contribution in [0.25, 0.3) is 0 Å². The summed E-state index contributed by atoms with van der Waals surface area (Å²) < 4.78 is 27.4. The van der Waals surface area contributed by atoms with Crippen LogP contribution in [0.4, 0.5) is 0 Å². The lowest BCUT2D eigenvalue weighted by atomic mass is 9.89. The van der Waals surface area contributed by atoms with E-state index in [2.05, 4.69) is 0 Å². The summed E-state index contributed by atoms with van der Waals surface area (Å²) in [4.78, 5) is 11.4. The molecule has 1 fully saturated rings. The van der Waals surface area contributed by atoms with E-state index >= 15 is 0 Å². The highest BCUT2D eigenvalue weighted by Gasteiger charge is 2.39. The summed E-state index contributed by atoms with van der Waals surface area (Å²) in [6.07, 6.45) is 0. The lowest BCUT2D eigenvalue weighted by Gasteiger charge is -2.17. The number of halogens is 1. The zero-order valence-corrected chi connectivity index (χ0v) is 15.7. The van der Waals surface area contributed by atoms with Gasteiger partial charge in [0.25, 0.3) is 0 Å². The molecule has 0 radical (unpaired) electrons. The summed E-state index contributed by atoms with van der Waals surface area (Å²) in [5, 5.41) is 0. The fourth-order valence-corrected chi connectivity index (χ4v) is 4.87. The molecular formula is C18H22ClN3O3S. The van der Waals surface area contributed by atoms with Crippen LogP contribution in [-0.2, 0) is 10.0 Å². The summed E-state index contributed by atoms with van der Waals surface area (Å²) in [7, 11) is -3.71. The maximum absolute atomic E-state index is 13.0. The standard InChI is InChI=1S/C18H21N3O3S.ClH/c19-10-15-11-21(12-17(15)13-5-2-1-3-6-13)25(23,24)16-8-4-7-14(9-16)18(20)22;/h1-9,15,17H,10-12,19H2,(H2,20,22);1H/t15-,17+;/m1./s1. The Balaban J connectivity index is 0.00000243. The highest BCUT2D eigenvalue weighted by Crippen LogP contribution is 2.35. The monoisotopic (exact) mass is 395 g/mol. The van der Waals surface area contributed by atoms with Crippen LogP contribution < -0.4 is 11.5 Å². The van der Waals surface area contributed by atoms with Crippen molar-refractivity contribution in [1.29, 1.82) is 0 Å². The van der Waals surface area contributed by atoms with Crippen molar-refractivity contribution in [3.05, 3.63) is 65.7 Å². The van der Waals surface area contributed by atoms with Crippen molar-refractivity contribution >= 4 is 28.3 Å². The second kappa shape index (κ2) is 8.18. The number of rotatable bonds is 5. The molecule has 1 heterocycles. The first-order valence-corrected chi connectivity index (χ1v) is 9.52. The predicted molar refractivity (Wildman–Crippen MR) is 103 cm³/mol. The molecule has 1 aliphatic heterocycles. The molecule has 140 valence electrons. The number of nitrogens with two attached hydrogens (primary N) is 2. The minimum absolute atomic E-state index is 0. The molecule has 1 amide bonds. The van der Waals surface area contributed by atoms with Crippen molar-refractivity contribution in [1.82, 2.24) is 4.31 Å². The minimum atomic E-state index is -3.71. The number of hydrogen-bond acceptors (Lipinski definition) is 4. The Kier molecular flexibility index (Phi) is 6.41. The third kappa shape index (κ3) is 3.91. The third-order valence-electron chi connectivity index (χ3n) is 4.69. The Hall–Kier alpha value is -1.93. The maximum atomic E-state index is 13.0. The van der Waals surface area contributed by atoms with Crippen LogP contribution >= 0.6 is 12.4 Å². The van der Waals surface area contributed by atoms with Gasteiger partial charge < -0.3 is 11.5 Å². The molecular weight excluding hydrogens is 374 g/mol. The Bertz CT molecular complexity index is 874. The number of nitrogens with zero attached hydrogens (tertiary/aromatic N) is 1. The lowest BCUT2D eigenvalue weighted by Crippen LogP contribution is -2.30. The maximum Gasteiger partial charge on any atom is 0.248 e. The molecule has 0 spiro atoms. The molecule has 6 nitrogen and oxygen atoms in total. The number of benzene rings is 2. The second-order valence-electron chi connectivity index (χ2n) is 6.23. The highest BCUT2D eigenvalue weighted by molar-refractivity contribution is 7.89. The summed E-state index contributed by atoms with van der Waals surface area (Å²) in [6, 6.07) is 15.6. The van der Waals surface area contributed by atoms with Crippen molar-refractivity contribution < 1.29 is 13.2 Å². The van der Waals surface area contributed by atoms with Crippen LogP contribution in [0, 0.1) is 5.92 Å². The van der Waals surface area contributed by atoms with E-state index in [0.717, 1.165) is 5.56 Å². The van der Waals surface area contributed by atoms with Gasteiger partial charge >= 0.3 is 0 Å². The molecule has 0 bridgehead atoms. The molecule has 0 unspecified atom stereocenters. The zero-order valence-electron chi connectivity index (χ0n) is 14.1. The van der Waals surface area contributed by atoms with E-state index in [9.17, 15) is 13.2 Å². The van der Waals surface area contributed by atoms with Crippen molar-refractivity contribution in [2.24, 2.45) is 17.4 Å². The molecule has 1 saturated heterocycles. The fraction of sp³-hybridized carbons (Fsp3) is 0.278. The first-order chi connectivity index (χ1) is 11.9. The molecule has 26 heavy (non-hydrogen) atoms. The normalized spacial score (nSPS) is 20.5. The van der Waals surface area contributed by atoms with Gasteiger partial charge in [0.2, 0.25) is 15.9 Å². The number of sulfonamides is 1. The number of hydrogen-bond donors (Lipinski definition) is 2. The smallest absolute Gasteiger partial charge is 0.248 e. The van der Waals surface area contributed by atoms with Gasteiger partial charge in [-0.25, -0.2) is 8.42 Å². The SMILES string of the molecule is Cl.NC[C@@H]1CN(S(=O)(=O)c2cccc(C(N)=O)c2)C[C@H]1c1ccccc1. The summed E-state index contributed by atoms with van der Waals surface area (Å²) >= 11 is 0. The van der Waals surface area contributed by atoms with E-state index in [1.54, 1.807) is 0 Å². The molecule has 8 heteroatoms. The average molecular weight is 396 g/mol. The van der Waals surface area contributed by atoms with Crippen molar-refractivity contribution in [3.63, 3.8) is 0 Å². The van der Waals surface area contributed by atoms with Crippen molar-refractivity contribution in [2.75, 3.05) is 19.6 Å². The minimum Gasteiger partial charge on any atom is -0.366 e. The topological polar surface area (TPSA) is 106 Å². The van der Waals surface area contributed by atoms with Gasteiger partial charge in [-0.3, -0.25) is 4.79 Å². The Morgan fingerprint density at radius 1 is 1.08 bits per heavy atom. The third-order valence-corrected chi connectivity index (χ3v) is 6.52. The Labute approximate surface area is 159 Å². The second-order valence-corrected chi connectivity index (χ2v) is 8.16. The van der Waals surface area contributed by atoms with Gasteiger partial charge in [-0.1, -0.05) is 36.4 Å². The van der Waals surface area contributed by atoms with Gasteiger partial charge in [-0.15, -0.1) is 12.4 Å². The van der Waals surface area contributed by atoms with E-state index in [0.29, 0.717) is 19.6 Å². The quantitative estimate of drug-likeness (QED) is 0.801. The number of primary amides is 1. The molecule has 0 aliphatic carbocycles. The first kappa shape index (κ1) is 20.4. The van der Waals surface area contributed by atoms with Gasteiger partial charge in [0.1, 0.15) is 0 Å². The van der Waals surface area contributed by atoms with E-state index < -0.39 is 15.9 Å². The van der Waals surface area contributed by atoms with Gasteiger partial charge in [0.05, 0.1) is 4.90 Å². The van der Waals surface area contributed by atoms with Gasteiger partial charge in [0, 0.05) is 24.6 Å². The zero-order chi connectivity index (χ0) is 18.0. The Morgan fingerprint density at radius 3 is 2.38 bits per heavy atom. The summed E-state index contributed by atoms with van der Waals surface area (Å²) in [5.74, 6) is -0.544. The van der Waals surface area contributed by atoms with E-state index in [1.807, 2.05) is 30.3 Å². The summed E-state index contributed by atoms with van der Waals surface area (Å²) in [6.45, 7) is 1.14. The molecule has 0 aromatic heterocycles. The van der Waals surface area contributed by atoms with Crippen LogP contribution in [-0.4, -0.2) is 38.3 Å². The van der Waals surface area contributed by atoms with Gasteiger partial charge in [0.15, 0.2) is 0 Å². The molecule has 2 aromatic carbocycles. The van der Waals surface area contributed by atoms with Gasteiger partial charge in [-0.05, 0) is 36.2 Å². The van der Waals surface area contributed by atoms with E-state index in [-0.39, 0.29) is 34.7 Å². The van der Waals surface area contributed by atoms with Crippen LogP contribution in [0.2, 0.25) is 0 Å². The van der Waals surface area contributed by atoms with Crippen molar-refractivity contribution in [2.45, 2.75) is 10.8 Å². The molecule has 2 atom stereocenters. The molecule has 4 N–H and O–H groups in total. The van der Waals surface area contributed by atoms with Gasteiger partial charge in [-0.2, -0.15) is 4.31 Å². The largest absolute Gasteiger partial charge is 0.366 e. The fourth-order valence-electron chi connectivity index (χ4n) is 3.30. The molecule has 2 aromatic rings. The lowest BCUT2D eigenvalue weighted by molar-refractivity contribution is 0.1000. The van der Waals surface area contributed by atoms with Crippen LogP contribution in [0.3, 0.4) is 0 Å². The Morgan fingerprint density at radius 2 is 1.77 bits per heavy atom. The number of carbonyl (C=O) groups is 1. The molecule has 0 saturated carbocycles. The van der Waals surface area contributed by atoms with E-state index in [4.69, 9.17) is 11.5 Å². The summed E-state index contributed by atoms with van der Waals surface area (Å²) in [5.41, 5.74) is 12.4. The molecule has 3 rings (SSSR count). The van der Waals surface area contributed by atoms with E-state index in [1.165, 1.54) is 28.6 Å². The average Bonchev–Trinajstić information content (AvgIpc) is 3.08. The van der Waals surface area contributed by atoms with Crippen LogP contribution in [0.15, 0.2) is 59.5 Å². The van der Waals surface area contributed by atoms with Crippen LogP contribution in [0.5, 0.6) is 0 Å².